The first-order valence-electron chi connectivity index (χ1n) is 6.83. The van der Waals surface area contributed by atoms with Gasteiger partial charge in [0, 0.05) is 30.9 Å². The SMILES string of the molecule is CC1CC(C)C(C)N(CCc2nc(CCl)cs2)C1. The third-order valence-electron chi connectivity index (χ3n) is 4.07. The Labute approximate surface area is 119 Å². The van der Waals surface area contributed by atoms with Crippen LogP contribution in [0, 0.1) is 11.8 Å². The number of halogens is 1. The van der Waals surface area contributed by atoms with E-state index in [1.54, 1.807) is 11.3 Å². The van der Waals surface area contributed by atoms with Crippen LogP contribution in [0.25, 0.3) is 0 Å². The molecule has 0 aliphatic carbocycles. The van der Waals surface area contributed by atoms with Crippen LogP contribution in [0.1, 0.15) is 37.9 Å². The summed E-state index contributed by atoms with van der Waals surface area (Å²) in [7, 11) is 0. The lowest BCUT2D eigenvalue weighted by molar-refractivity contribution is 0.0810. The van der Waals surface area contributed by atoms with Crippen molar-refractivity contribution in [3.05, 3.63) is 16.1 Å². The quantitative estimate of drug-likeness (QED) is 0.783. The van der Waals surface area contributed by atoms with Gasteiger partial charge in [0.1, 0.15) is 0 Å². The summed E-state index contributed by atoms with van der Waals surface area (Å²) in [4.78, 5) is 7.16. The second kappa shape index (κ2) is 6.36. The molecule has 1 aliphatic rings. The average molecular weight is 287 g/mol. The molecular weight excluding hydrogens is 264 g/mol. The Bertz CT molecular complexity index is 380. The van der Waals surface area contributed by atoms with Gasteiger partial charge in [-0.25, -0.2) is 4.98 Å². The molecule has 0 saturated carbocycles. The Morgan fingerprint density at radius 2 is 2.22 bits per heavy atom. The Kier molecular flexibility index (Phi) is 5.05. The molecule has 18 heavy (non-hydrogen) atoms. The minimum atomic E-state index is 0.532. The molecule has 1 aliphatic heterocycles. The average Bonchev–Trinajstić information content (AvgIpc) is 2.80. The fourth-order valence-corrected chi connectivity index (χ4v) is 3.91. The summed E-state index contributed by atoms with van der Waals surface area (Å²) >= 11 is 7.53. The van der Waals surface area contributed by atoms with Crippen molar-refractivity contribution < 1.29 is 0 Å². The predicted octanol–water partition coefficient (Wildman–Crippen LogP) is 3.79. The molecule has 0 aromatic carbocycles. The zero-order chi connectivity index (χ0) is 13.1. The van der Waals surface area contributed by atoms with Crippen LogP contribution in [-0.2, 0) is 12.3 Å². The van der Waals surface area contributed by atoms with Crippen LogP contribution in [0.4, 0.5) is 0 Å². The van der Waals surface area contributed by atoms with Crippen LogP contribution in [0.15, 0.2) is 5.38 Å². The molecular formula is C14H23ClN2S. The van der Waals surface area contributed by atoms with Crippen molar-refractivity contribution in [2.75, 3.05) is 13.1 Å². The Morgan fingerprint density at radius 1 is 1.44 bits per heavy atom. The van der Waals surface area contributed by atoms with Crippen molar-refractivity contribution in [2.45, 2.75) is 45.5 Å². The van der Waals surface area contributed by atoms with Crippen molar-refractivity contribution in [1.82, 2.24) is 9.88 Å². The van der Waals surface area contributed by atoms with E-state index in [1.165, 1.54) is 18.0 Å². The summed E-state index contributed by atoms with van der Waals surface area (Å²) in [5, 5.41) is 3.30. The summed E-state index contributed by atoms with van der Waals surface area (Å²) in [6, 6.07) is 0.702. The zero-order valence-corrected chi connectivity index (χ0v) is 13.1. The number of hydrogen-bond acceptors (Lipinski definition) is 3. The number of nitrogens with zero attached hydrogens (tertiary/aromatic N) is 2. The highest BCUT2D eigenvalue weighted by molar-refractivity contribution is 7.09. The summed E-state index contributed by atoms with van der Waals surface area (Å²) in [5.74, 6) is 2.17. The van der Waals surface area contributed by atoms with Gasteiger partial charge in [-0.05, 0) is 25.2 Å². The number of alkyl halides is 1. The van der Waals surface area contributed by atoms with Crippen LogP contribution >= 0.6 is 22.9 Å². The summed E-state index contributed by atoms with van der Waals surface area (Å²) in [6.45, 7) is 9.47. The predicted molar refractivity (Wildman–Crippen MR) is 79.4 cm³/mol. The highest BCUT2D eigenvalue weighted by atomic mass is 35.5. The van der Waals surface area contributed by atoms with Crippen molar-refractivity contribution >= 4 is 22.9 Å². The molecule has 0 amide bonds. The lowest BCUT2D eigenvalue weighted by Crippen LogP contribution is -2.46. The Morgan fingerprint density at radius 3 is 2.89 bits per heavy atom. The monoisotopic (exact) mass is 286 g/mol. The van der Waals surface area contributed by atoms with Crippen LogP contribution in [0.5, 0.6) is 0 Å². The maximum absolute atomic E-state index is 5.78. The first-order valence-corrected chi connectivity index (χ1v) is 8.25. The minimum Gasteiger partial charge on any atom is -0.300 e. The minimum absolute atomic E-state index is 0.532. The molecule has 0 radical (unpaired) electrons. The van der Waals surface area contributed by atoms with Gasteiger partial charge < -0.3 is 0 Å². The number of thiazole rings is 1. The van der Waals surface area contributed by atoms with Crippen LogP contribution < -0.4 is 0 Å². The number of piperidine rings is 1. The first-order chi connectivity index (χ1) is 8.60. The molecule has 0 N–H and O–H groups in total. The first kappa shape index (κ1) is 14.3. The molecule has 2 rings (SSSR count). The smallest absolute Gasteiger partial charge is 0.0941 e. The fourth-order valence-electron chi connectivity index (χ4n) is 2.89. The van der Waals surface area contributed by atoms with E-state index in [9.17, 15) is 0 Å². The van der Waals surface area contributed by atoms with Gasteiger partial charge in [0.15, 0.2) is 0 Å². The molecule has 0 spiro atoms. The largest absolute Gasteiger partial charge is 0.300 e. The van der Waals surface area contributed by atoms with E-state index in [-0.39, 0.29) is 0 Å². The zero-order valence-electron chi connectivity index (χ0n) is 11.5. The summed E-state index contributed by atoms with van der Waals surface area (Å²) < 4.78 is 0. The van der Waals surface area contributed by atoms with Gasteiger partial charge in [0.2, 0.25) is 0 Å². The van der Waals surface area contributed by atoms with Crippen molar-refractivity contribution in [1.29, 1.82) is 0 Å². The van der Waals surface area contributed by atoms with E-state index in [2.05, 4.69) is 36.0 Å². The second-order valence-corrected chi connectivity index (χ2v) is 6.88. The van der Waals surface area contributed by atoms with Gasteiger partial charge in [-0.3, -0.25) is 4.90 Å². The van der Waals surface area contributed by atoms with E-state index < -0.39 is 0 Å². The van der Waals surface area contributed by atoms with Gasteiger partial charge >= 0.3 is 0 Å². The number of rotatable bonds is 4. The van der Waals surface area contributed by atoms with E-state index >= 15 is 0 Å². The fraction of sp³-hybridized carbons (Fsp3) is 0.786. The number of likely N-dealkylation sites (tertiary alicyclic amines) is 1. The molecule has 3 unspecified atom stereocenters. The van der Waals surface area contributed by atoms with Gasteiger partial charge in [0.05, 0.1) is 16.6 Å². The lowest BCUT2D eigenvalue weighted by atomic mass is 9.86. The normalized spacial score (nSPS) is 29.7. The molecule has 1 aromatic rings. The maximum Gasteiger partial charge on any atom is 0.0941 e. The lowest BCUT2D eigenvalue weighted by Gasteiger charge is -2.41. The highest BCUT2D eigenvalue weighted by Crippen LogP contribution is 2.27. The third kappa shape index (κ3) is 3.46. The molecule has 2 nitrogen and oxygen atoms in total. The van der Waals surface area contributed by atoms with E-state index in [1.807, 2.05) is 0 Å². The molecule has 102 valence electrons. The van der Waals surface area contributed by atoms with Crippen LogP contribution in [-0.4, -0.2) is 29.0 Å². The van der Waals surface area contributed by atoms with E-state index in [0.29, 0.717) is 11.9 Å². The number of aromatic nitrogens is 1. The van der Waals surface area contributed by atoms with E-state index in [0.717, 1.165) is 30.5 Å². The van der Waals surface area contributed by atoms with Gasteiger partial charge in [-0.1, -0.05) is 13.8 Å². The molecule has 1 fully saturated rings. The Balaban J connectivity index is 1.88. The molecule has 0 bridgehead atoms. The van der Waals surface area contributed by atoms with Crippen molar-refractivity contribution in [3.8, 4) is 0 Å². The number of hydrogen-bond donors (Lipinski definition) is 0. The molecule has 1 saturated heterocycles. The van der Waals surface area contributed by atoms with Crippen LogP contribution in [0.3, 0.4) is 0 Å². The maximum atomic E-state index is 5.78. The Hall–Kier alpha value is -0.120. The summed E-state index contributed by atoms with van der Waals surface area (Å²) in [5.41, 5.74) is 1.02. The van der Waals surface area contributed by atoms with E-state index in [4.69, 9.17) is 11.6 Å². The standard InChI is InChI=1S/C14H23ClN2S/c1-10-6-11(2)12(3)17(8-10)5-4-14-16-13(7-15)9-18-14/h9-12H,4-8H2,1-3H3. The molecule has 1 aromatic heterocycles. The second-order valence-electron chi connectivity index (χ2n) is 5.67. The van der Waals surface area contributed by atoms with Gasteiger partial charge in [-0.2, -0.15) is 0 Å². The van der Waals surface area contributed by atoms with Crippen molar-refractivity contribution in [2.24, 2.45) is 11.8 Å². The van der Waals surface area contributed by atoms with Crippen LogP contribution in [0.2, 0.25) is 0 Å². The van der Waals surface area contributed by atoms with Gasteiger partial charge in [0.25, 0.3) is 0 Å². The molecule has 3 atom stereocenters. The molecule has 4 heteroatoms. The van der Waals surface area contributed by atoms with Gasteiger partial charge in [-0.15, -0.1) is 22.9 Å². The highest BCUT2D eigenvalue weighted by Gasteiger charge is 2.28. The van der Waals surface area contributed by atoms with Crippen molar-refractivity contribution in [3.63, 3.8) is 0 Å². The summed E-state index contributed by atoms with van der Waals surface area (Å²) in [6.07, 6.45) is 2.43. The molecule has 2 heterocycles. The third-order valence-corrected chi connectivity index (χ3v) is 5.30. The topological polar surface area (TPSA) is 16.1 Å².